The lowest BCUT2D eigenvalue weighted by molar-refractivity contribution is -0.137. The fourth-order valence-electron chi connectivity index (χ4n) is 2.31. The molecule has 1 N–H and O–H groups in total. The number of hydrogen-bond donors (Lipinski definition) is 1. The molecule has 0 aliphatic heterocycles. The Morgan fingerprint density at radius 3 is 2.59 bits per heavy atom. The van der Waals surface area contributed by atoms with E-state index in [0.717, 1.165) is 18.2 Å². The first-order chi connectivity index (χ1) is 12.7. The van der Waals surface area contributed by atoms with Crippen molar-refractivity contribution in [3.8, 4) is 0 Å². The molecule has 7 nitrogen and oxygen atoms in total. The Morgan fingerprint density at radius 2 is 1.89 bits per heavy atom. The molecule has 142 valence electrons. The van der Waals surface area contributed by atoms with Crippen LogP contribution < -0.4 is 4.72 Å². The van der Waals surface area contributed by atoms with Gasteiger partial charge in [-0.15, -0.1) is 5.10 Å². The van der Waals surface area contributed by atoms with Gasteiger partial charge in [0.1, 0.15) is 6.33 Å². The van der Waals surface area contributed by atoms with Crippen LogP contribution in [0.2, 0.25) is 0 Å². The van der Waals surface area contributed by atoms with E-state index in [1.165, 1.54) is 17.1 Å². The van der Waals surface area contributed by atoms with Crippen molar-refractivity contribution in [1.82, 2.24) is 19.7 Å². The summed E-state index contributed by atoms with van der Waals surface area (Å²) in [7, 11) is -3.98. The van der Waals surface area contributed by atoms with Gasteiger partial charge in [0.05, 0.1) is 23.6 Å². The van der Waals surface area contributed by atoms with Crippen LogP contribution in [0.4, 0.5) is 19.1 Å². The molecule has 3 rings (SSSR count). The fourth-order valence-corrected chi connectivity index (χ4v) is 3.37. The Kier molecular flexibility index (Phi) is 5.13. The molecule has 0 amide bonds. The summed E-state index contributed by atoms with van der Waals surface area (Å²) < 4.78 is 66.2. The van der Waals surface area contributed by atoms with Crippen LogP contribution >= 0.6 is 0 Å². The number of nitrogens with one attached hydrogen (secondary N) is 1. The zero-order valence-electron chi connectivity index (χ0n) is 13.8. The lowest BCUT2D eigenvalue weighted by atomic mass is 10.1. The van der Waals surface area contributed by atoms with Crippen LogP contribution in [0, 0.1) is 0 Å². The molecule has 0 unspecified atom stereocenters. The average Bonchev–Trinajstić information content (AvgIpc) is 3.01. The van der Waals surface area contributed by atoms with Crippen LogP contribution in [-0.2, 0) is 28.5 Å². The molecule has 11 heteroatoms. The Balaban J connectivity index is 1.68. The summed E-state index contributed by atoms with van der Waals surface area (Å²) in [5.74, 6) is -0.802. The number of alkyl halides is 3. The highest BCUT2D eigenvalue weighted by atomic mass is 32.2. The largest absolute Gasteiger partial charge is 0.416 e. The molecule has 0 aliphatic carbocycles. The van der Waals surface area contributed by atoms with Crippen molar-refractivity contribution in [3.63, 3.8) is 0 Å². The second-order valence-corrected chi connectivity index (χ2v) is 7.37. The normalized spacial score (nSPS) is 12.1. The highest BCUT2D eigenvalue weighted by Crippen LogP contribution is 2.29. The van der Waals surface area contributed by atoms with Gasteiger partial charge in [-0.3, -0.25) is 4.98 Å². The van der Waals surface area contributed by atoms with Crippen molar-refractivity contribution in [2.75, 3.05) is 4.72 Å². The van der Waals surface area contributed by atoms with Crippen LogP contribution in [0.15, 0.2) is 55.0 Å². The minimum atomic E-state index is -4.54. The van der Waals surface area contributed by atoms with Crippen LogP contribution in [0.25, 0.3) is 0 Å². The van der Waals surface area contributed by atoms with E-state index in [4.69, 9.17) is 0 Å². The van der Waals surface area contributed by atoms with Gasteiger partial charge in [-0.25, -0.2) is 17.8 Å². The molecule has 0 bridgehead atoms. The molecule has 27 heavy (non-hydrogen) atoms. The second-order valence-electron chi connectivity index (χ2n) is 5.65. The molecule has 3 aromatic rings. The van der Waals surface area contributed by atoms with Crippen molar-refractivity contribution in [2.45, 2.75) is 18.5 Å². The predicted octanol–water partition coefficient (Wildman–Crippen LogP) is 2.68. The van der Waals surface area contributed by atoms with E-state index in [1.54, 1.807) is 24.4 Å². The summed E-state index contributed by atoms with van der Waals surface area (Å²) in [6, 6.07) is 9.49. The lowest BCUT2D eigenvalue weighted by Crippen LogP contribution is -2.17. The maximum Gasteiger partial charge on any atom is 0.416 e. The summed E-state index contributed by atoms with van der Waals surface area (Å²) in [5.41, 5.74) is -0.195. The first-order valence-electron chi connectivity index (χ1n) is 7.67. The van der Waals surface area contributed by atoms with Gasteiger partial charge in [0.2, 0.25) is 10.0 Å². The number of benzene rings is 1. The molecule has 2 heterocycles. The molecule has 0 radical (unpaired) electrons. The van der Waals surface area contributed by atoms with Crippen LogP contribution in [0.1, 0.15) is 16.8 Å². The smallest absolute Gasteiger partial charge is 0.259 e. The third-order valence-corrected chi connectivity index (χ3v) is 4.65. The van der Waals surface area contributed by atoms with Crippen molar-refractivity contribution in [1.29, 1.82) is 0 Å². The summed E-state index contributed by atoms with van der Waals surface area (Å²) in [6.07, 6.45) is -1.60. The van der Waals surface area contributed by atoms with E-state index in [2.05, 4.69) is 19.8 Å². The SMILES string of the molecule is O=S(=O)(Cc1cccc(C(F)(F)F)c1)Nc1ncn(Cc2ccccn2)n1. The zero-order chi connectivity index (χ0) is 19.5. The maximum absolute atomic E-state index is 12.7. The topological polar surface area (TPSA) is 89.8 Å². The van der Waals surface area contributed by atoms with E-state index in [-0.39, 0.29) is 11.5 Å². The standard InChI is InChI=1S/C16H14F3N5O2S/c17-16(18,19)13-5-3-4-12(8-13)10-27(25,26)23-15-21-11-24(22-15)9-14-6-1-2-7-20-14/h1-8,11H,9-10H2,(H,22,23). The molecule has 0 atom stereocenters. The van der Waals surface area contributed by atoms with Gasteiger partial charge < -0.3 is 0 Å². The van der Waals surface area contributed by atoms with Crippen LogP contribution in [-0.4, -0.2) is 28.2 Å². The van der Waals surface area contributed by atoms with Gasteiger partial charge in [-0.05, 0) is 23.8 Å². The Bertz CT molecular complexity index is 1020. The zero-order valence-corrected chi connectivity index (χ0v) is 14.6. The van der Waals surface area contributed by atoms with E-state index in [9.17, 15) is 21.6 Å². The van der Waals surface area contributed by atoms with Crippen molar-refractivity contribution < 1.29 is 21.6 Å². The highest BCUT2D eigenvalue weighted by molar-refractivity contribution is 7.91. The molecule has 1 aromatic carbocycles. The Hall–Kier alpha value is -2.95. The number of hydrogen-bond acceptors (Lipinski definition) is 5. The van der Waals surface area contributed by atoms with Crippen LogP contribution in [0.3, 0.4) is 0 Å². The summed E-state index contributed by atoms with van der Waals surface area (Å²) in [6.45, 7) is 0.295. The molecule has 2 aromatic heterocycles. The molecular weight excluding hydrogens is 383 g/mol. The average molecular weight is 397 g/mol. The quantitative estimate of drug-likeness (QED) is 0.691. The number of aromatic nitrogens is 4. The monoisotopic (exact) mass is 397 g/mol. The Labute approximate surface area is 152 Å². The number of rotatable bonds is 6. The molecule has 0 spiro atoms. The molecule has 0 fully saturated rings. The summed E-state index contributed by atoms with van der Waals surface area (Å²) >= 11 is 0. The van der Waals surface area contributed by atoms with Gasteiger partial charge in [0.25, 0.3) is 5.95 Å². The van der Waals surface area contributed by atoms with Gasteiger partial charge in [-0.1, -0.05) is 24.3 Å². The molecular formula is C16H14F3N5O2S. The van der Waals surface area contributed by atoms with Gasteiger partial charge in [0.15, 0.2) is 0 Å². The molecule has 0 saturated heterocycles. The molecule has 0 aliphatic rings. The summed E-state index contributed by atoms with van der Waals surface area (Å²) in [5, 5.41) is 3.98. The van der Waals surface area contributed by atoms with E-state index < -0.39 is 27.5 Å². The first kappa shape index (κ1) is 18.8. The molecule has 0 saturated carbocycles. The third kappa shape index (κ3) is 5.26. The van der Waals surface area contributed by atoms with Gasteiger partial charge in [-0.2, -0.15) is 18.2 Å². The minimum Gasteiger partial charge on any atom is -0.259 e. The number of anilines is 1. The van der Waals surface area contributed by atoms with Crippen LogP contribution in [0.5, 0.6) is 0 Å². The highest BCUT2D eigenvalue weighted by Gasteiger charge is 2.30. The van der Waals surface area contributed by atoms with E-state index >= 15 is 0 Å². The maximum atomic E-state index is 12.7. The van der Waals surface area contributed by atoms with Gasteiger partial charge in [0, 0.05) is 6.20 Å². The number of nitrogens with zero attached hydrogens (tertiary/aromatic N) is 4. The minimum absolute atomic E-state index is 0.00485. The lowest BCUT2D eigenvalue weighted by Gasteiger charge is -2.09. The van der Waals surface area contributed by atoms with Crippen molar-refractivity contribution in [3.05, 3.63) is 71.8 Å². The van der Waals surface area contributed by atoms with E-state index in [1.807, 2.05) is 0 Å². The predicted molar refractivity (Wildman–Crippen MR) is 91.1 cm³/mol. The van der Waals surface area contributed by atoms with Crippen molar-refractivity contribution >= 4 is 16.0 Å². The second kappa shape index (κ2) is 7.35. The van der Waals surface area contributed by atoms with Gasteiger partial charge >= 0.3 is 6.18 Å². The van der Waals surface area contributed by atoms with Crippen molar-refractivity contribution in [2.24, 2.45) is 0 Å². The first-order valence-corrected chi connectivity index (χ1v) is 9.32. The fraction of sp³-hybridized carbons (Fsp3) is 0.188. The summed E-state index contributed by atoms with van der Waals surface area (Å²) in [4.78, 5) is 7.97. The number of halogens is 3. The number of pyridine rings is 1. The third-order valence-electron chi connectivity index (χ3n) is 3.44. The van der Waals surface area contributed by atoms with E-state index in [0.29, 0.717) is 12.2 Å². The Morgan fingerprint density at radius 1 is 1.07 bits per heavy atom. The number of sulfonamides is 1.